The predicted molar refractivity (Wildman–Crippen MR) is 133 cm³/mol. The molecule has 176 valence electrons. The lowest BCUT2D eigenvalue weighted by atomic mass is 9.97. The van der Waals surface area contributed by atoms with Crippen LogP contribution in [0.1, 0.15) is 47.5 Å². The molecule has 4 heterocycles. The highest BCUT2D eigenvalue weighted by molar-refractivity contribution is 7.10. The zero-order valence-corrected chi connectivity index (χ0v) is 20.5. The number of piperidine rings is 1. The number of pyridine rings is 1. The summed E-state index contributed by atoms with van der Waals surface area (Å²) in [5.74, 6) is 0.213. The van der Waals surface area contributed by atoms with Crippen LogP contribution in [0, 0.1) is 0 Å². The van der Waals surface area contributed by atoms with Crippen LogP contribution in [0.25, 0.3) is 0 Å². The van der Waals surface area contributed by atoms with Crippen molar-refractivity contribution in [1.29, 1.82) is 0 Å². The van der Waals surface area contributed by atoms with Gasteiger partial charge in [-0.1, -0.05) is 46.6 Å². The molecule has 3 aromatic rings. The Morgan fingerprint density at radius 3 is 2.68 bits per heavy atom. The molecule has 0 aliphatic carbocycles. The van der Waals surface area contributed by atoms with E-state index < -0.39 is 0 Å². The quantitative estimate of drug-likeness (QED) is 0.483. The average molecular weight is 517 g/mol. The number of rotatable bonds is 5. The summed E-state index contributed by atoms with van der Waals surface area (Å²) >= 11 is 13.8. The van der Waals surface area contributed by atoms with E-state index in [1.807, 2.05) is 29.6 Å². The van der Waals surface area contributed by atoms with Crippen molar-refractivity contribution in [1.82, 2.24) is 14.5 Å². The lowest BCUT2D eigenvalue weighted by Gasteiger charge is -2.31. The molecule has 10 heteroatoms. The topological polar surface area (TPSA) is 76.8 Å². The van der Waals surface area contributed by atoms with Crippen molar-refractivity contribution in [2.24, 2.45) is 5.16 Å². The number of nitrogens with zero attached hydrogens (tertiary/aromatic N) is 4. The monoisotopic (exact) mass is 516 g/mol. The third kappa shape index (κ3) is 4.76. The number of hydrogen-bond acceptors (Lipinski definition) is 6. The Morgan fingerprint density at radius 1 is 1.12 bits per heavy atom. The second-order valence-electron chi connectivity index (χ2n) is 8.37. The third-order valence-electron chi connectivity index (χ3n) is 6.21. The molecule has 0 saturated carbocycles. The summed E-state index contributed by atoms with van der Waals surface area (Å²) in [5, 5.41) is 8.13. The van der Waals surface area contributed by atoms with E-state index in [1.54, 1.807) is 28.5 Å². The number of carbonyl (C=O) groups is 1. The Kier molecular flexibility index (Phi) is 6.72. The predicted octanol–water partition coefficient (Wildman–Crippen LogP) is 4.88. The van der Waals surface area contributed by atoms with Gasteiger partial charge in [-0.05, 0) is 31.0 Å². The molecular weight excluding hydrogens is 495 g/mol. The molecule has 0 bridgehead atoms. The molecule has 1 unspecified atom stereocenters. The zero-order valence-electron chi connectivity index (χ0n) is 18.2. The van der Waals surface area contributed by atoms with Gasteiger partial charge in [-0.25, -0.2) is 4.98 Å². The van der Waals surface area contributed by atoms with Gasteiger partial charge in [0.25, 0.3) is 5.56 Å². The molecule has 1 saturated heterocycles. The van der Waals surface area contributed by atoms with Crippen LogP contribution in [-0.2, 0) is 16.2 Å². The molecule has 2 aliphatic rings. The molecule has 5 rings (SSSR count). The second kappa shape index (κ2) is 9.90. The van der Waals surface area contributed by atoms with Gasteiger partial charge in [-0.2, -0.15) is 0 Å². The van der Waals surface area contributed by atoms with Crippen LogP contribution in [0.4, 0.5) is 0 Å². The summed E-state index contributed by atoms with van der Waals surface area (Å²) in [6.07, 6.45) is 3.67. The maximum Gasteiger partial charge on any atom is 0.269 e. The smallest absolute Gasteiger partial charge is 0.269 e. The van der Waals surface area contributed by atoms with Crippen LogP contribution in [0.5, 0.6) is 0 Å². The fourth-order valence-electron chi connectivity index (χ4n) is 4.29. The second-order valence-corrected chi connectivity index (χ2v) is 10.1. The van der Waals surface area contributed by atoms with Crippen molar-refractivity contribution in [3.8, 4) is 0 Å². The lowest BCUT2D eigenvalue weighted by molar-refractivity contribution is -0.132. The van der Waals surface area contributed by atoms with E-state index in [-0.39, 0.29) is 29.1 Å². The number of likely N-dealkylation sites (tertiary alicyclic amines) is 1. The minimum Gasteiger partial charge on any atom is -0.387 e. The van der Waals surface area contributed by atoms with Crippen molar-refractivity contribution in [3.63, 3.8) is 0 Å². The van der Waals surface area contributed by atoms with E-state index >= 15 is 0 Å². The van der Waals surface area contributed by atoms with Crippen LogP contribution in [-0.4, -0.2) is 39.2 Å². The fraction of sp³-hybridized carbons (Fsp3) is 0.333. The van der Waals surface area contributed by atoms with Gasteiger partial charge in [0.15, 0.2) is 6.10 Å². The summed E-state index contributed by atoms with van der Waals surface area (Å²) in [6, 6.07) is 10.8. The van der Waals surface area contributed by atoms with Crippen LogP contribution < -0.4 is 5.56 Å². The Morgan fingerprint density at radius 2 is 1.88 bits per heavy atom. The molecule has 1 atom stereocenters. The average Bonchev–Trinajstić information content (AvgIpc) is 3.53. The first-order valence-electron chi connectivity index (χ1n) is 11.0. The number of aromatic nitrogens is 2. The SMILES string of the molecule is O=C(Cn1cccc(Cl)c1=O)N1CCC(c2nc(C3=NOC(c4ccccc4Cl)C3)cs2)CC1. The van der Waals surface area contributed by atoms with Gasteiger partial charge in [-0.15, -0.1) is 11.3 Å². The molecule has 0 spiro atoms. The van der Waals surface area contributed by atoms with Gasteiger partial charge in [-0.3, -0.25) is 9.59 Å². The Hall–Kier alpha value is -2.68. The fourth-order valence-corrected chi connectivity index (χ4v) is 5.73. The van der Waals surface area contributed by atoms with Crippen molar-refractivity contribution in [2.45, 2.75) is 37.8 Å². The largest absolute Gasteiger partial charge is 0.387 e. The molecule has 0 radical (unpaired) electrons. The summed E-state index contributed by atoms with van der Waals surface area (Å²) < 4.78 is 1.35. The number of carbonyl (C=O) groups excluding carboxylic acids is 1. The van der Waals surface area contributed by atoms with Crippen LogP contribution >= 0.6 is 34.5 Å². The summed E-state index contributed by atoms with van der Waals surface area (Å²) in [4.78, 5) is 37.1. The maximum absolute atomic E-state index is 12.7. The van der Waals surface area contributed by atoms with Gasteiger partial charge in [0.1, 0.15) is 17.3 Å². The first kappa shape index (κ1) is 23.1. The van der Waals surface area contributed by atoms with Crippen LogP contribution in [0.3, 0.4) is 0 Å². The minimum absolute atomic E-state index is 0.00210. The number of oxime groups is 1. The van der Waals surface area contributed by atoms with E-state index in [0.29, 0.717) is 30.5 Å². The van der Waals surface area contributed by atoms with Crippen LogP contribution in [0.2, 0.25) is 10.0 Å². The van der Waals surface area contributed by atoms with Crippen molar-refractivity contribution in [2.75, 3.05) is 13.1 Å². The van der Waals surface area contributed by atoms with Gasteiger partial charge in [0.05, 0.1) is 10.7 Å². The number of benzene rings is 1. The first-order chi connectivity index (χ1) is 16.5. The molecule has 1 aromatic carbocycles. The Bertz CT molecular complexity index is 1300. The highest BCUT2D eigenvalue weighted by Crippen LogP contribution is 2.35. The number of thiazole rings is 1. The lowest BCUT2D eigenvalue weighted by Crippen LogP contribution is -2.41. The van der Waals surface area contributed by atoms with E-state index in [0.717, 1.165) is 34.8 Å². The van der Waals surface area contributed by atoms with Gasteiger partial charge in [0.2, 0.25) is 5.91 Å². The summed E-state index contributed by atoms with van der Waals surface area (Å²) in [6.45, 7) is 1.26. The van der Waals surface area contributed by atoms with Gasteiger partial charge in [0, 0.05) is 47.6 Å². The van der Waals surface area contributed by atoms with E-state index in [9.17, 15) is 9.59 Å². The highest BCUT2D eigenvalue weighted by atomic mass is 35.5. The number of hydrogen-bond donors (Lipinski definition) is 0. The molecule has 1 fully saturated rings. The third-order valence-corrected chi connectivity index (χ3v) is 7.85. The minimum atomic E-state index is -0.349. The number of amides is 1. The van der Waals surface area contributed by atoms with Crippen molar-refractivity contribution >= 4 is 46.2 Å². The van der Waals surface area contributed by atoms with Crippen LogP contribution in [0.15, 0.2) is 57.9 Å². The van der Waals surface area contributed by atoms with Crippen molar-refractivity contribution < 1.29 is 9.63 Å². The number of halogens is 2. The molecule has 1 amide bonds. The zero-order chi connectivity index (χ0) is 23.7. The molecular formula is C24H22Cl2N4O3S. The molecule has 2 aromatic heterocycles. The van der Waals surface area contributed by atoms with E-state index in [4.69, 9.17) is 33.0 Å². The summed E-state index contributed by atoms with van der Waals surface area (Å²) in [7, 11) is 0. The molecule has 34 heavy (non-hydrogen) atoms. The van der Waals surface area contributed by atoms with Crippen molar-refractivity contribution in [3.05, 3.63) is 84.6 Å². The van der Waals surface area contributed by atoms with E-state index in [1.165, 1.54) is 10.6 Å². The molecule has 2 aliphatic heterocycles. The Balaban J connectivity index is 1.17. The molecule has 7 nitrogen and oxygen atoms in total. The highest BCUT2D eigenvalue weighted by Gasteiger charge is 2.29. The summed E-state index contributed by atoms with van der Waals surface area (Å²) in [5.41, 5.74) is 2.24. The molecule has 0 N–H and O–H groups in total. The normalized spacial score (nSPS) is 18.6. The maximum atomic E-state index is 12.7. The van der Waals surface area contributed by atoms with Gasteiger partial charge >= 0.3 is 0 Å². The van der Waals surface area contributed by atoms with Gasteiger partial charge < -0.3 is 14.3 Å². The van der Waals surface area contributed by atoms with E-state index in [2.05, 4.69) is 5.16 Å². The standard InChI is InChI=1S/C24H22Cl2N4O3S/c25-17-5-2-1-4-16(17)21-12-19(28-33-21)20-14-34-23(27-20)15-7-10-29(11-8-15)22(31)13-30-9-3-6-18(26)24(30)32/h1-6,9,14-15,21H,7-8,10-13H2. The Labute approximate surface area is 210 Å². The first-order valence-corrected chi connectivity index (χ1v) is 12.7.